The first kappa shape index (κ1) is 13.1. The van der Waals surface area contributed by atoms with Crippen LogP contribution in [0.2, 0.25) is 0 Å². The Hall–Kier alpha value is -1.33. The van der Waals surface area contributed by atoms with Crippen LogP contribution in [0.3, 0.4) is 0 Å². The summed E-state index contributed by atoms with van der Waals surface area (Å²) < 4.78 is 18.8. The molecule has 0 aromatic heterocycles. The van der Waals surface area contributed by atoms with Gasteiger partial charge in [0.15, 0.2) is 0 Å². The first-order valence-electron chi connectivity index (χ1n) is 6.32. The Morgan fingerprint density at radius 2 is 2.39 bits per heavy atom. The van der Waals surface area contributed by atoms with E-state index in [0.29, 0.717) is 17.9 Å². The number of nitrogens with one attached hydrogen (secondary N) is 1. The molecule has 1 aliphatic rings. The first-order valence-corrected chi connectivity index (χ1v) is 6.32. The Bertz CT molecular complexity index is 400. The highest BCUT2D eigenvalue weighted by atomic mass is 19.1. The number of nitrogen functional groups attached to an aromatic ring is 1. The van der Waals surface area contributed by atoms with E-state index >= 15 is 0 Å². The quantitative estimate of drug-likeness (QED) is 0.799. The Kier molecular flexibility index (Phi) is 4.38. The van der Waals surface area contributed by atoms with Gasteiger partial charge < -0.3 is 15.8 Å². The molecule has 1 atom stereocenters. The maximum atomic E-state index is 13.1. The molecule has 2 rings (SSSR count). The summed E-state index contributed by atoms with van der Waals surface area (Å²) in [6, 6.07) is 4.34. The molecule has 4 nitrogen and oxygen atoms in total. The molecule has 1 aromatic carbocycles. The van der Waals surface area contributed by atoms with Gasteiger partial charge in [0.05, 0.1) is 24.1 Å². The van der Waals surface area contributed by atoms with Crippen molar-refractivity contribution in [2.24, 2.45) is 0 Å². The fourth-order valence-electron chi connectivity index (χ4n) is 2.10. The monoisotopic (exact) mass is 253 g/mol. The van der Waals surface area contributed by atoms with E-state index in [2.05, 4.69) is 17.1 Å². The predicted molar refractivity (Wildman–Crippen MR) is 71.2 cm³/mol. The number of halogens is 1. The highest BCUT2D eigenvalue weighted by Gasteiger charge is 2.19. The summed E-state index contributed by atoms with van der Waals surface area (Å²) in [5, 5.41) is 3.15. The molecule has 0 bridgehead atoms. The van der Waals surface area contributed by atoms with Crippen LogP contribution in [0.4, 0.5) is 15.8 Å². The molecule has 3 N–H and O–H groups in total. The molecular formula is C13H20FN3O. The lowest BCUT2D eigenvalue weighted by atomic mass is 10.2. The van der Waals surface area contributed by atoms with Gasteiger partial charge in [-0.1, -0.05) is 6.92 Å². The predicted octanol–water partition coefficient (Wildman–Crippen LogP) is 1.54. The Morgan fingerprint density at radius 3 is 3.17 bits per heavy atom. The molecule has 100 valence electrons. The standard InChI is InChI=1S/C13H20FN3O/c1-2-17-5-6-18-11(9-17)8-16-13-7-10(14)3-4-12(13)15/h3-4,7,11,16H,2,5-6,8-9,15H2,1H3. The van der Waals surface area contributed by atoms with Gasteiger partial charge in [0.25, 0.3) is 0 Å². The Morgan fingerprint density at radius 1 is 1.56 bits per heavy atom. The molecule has 0 amide bonds. The summed E-state index contributed by atoms with van der Waals surface area (Å²) in [6.45, 7) is 6.44. The number of nitrogens with zero attached hydrogens (tertiary/aromatic N) is 1. The van der Waals surface area contributed by atoms with E-state index < -0.39 is 0 Å². The van der Waals surface area contributed by atoms with Crippen LogP contribution in [-0.2, 0) is 4.74 Å². The molecule has 1 aromatic rings. The van der Waals surface area contributed by atoms with Crippen LogP contribution in [0.15, 0.2) is 18.2 Å². The normalized spacial score (nSPS) is 20.9. The van der Waals surface area contributed by atoms with Crippen LogP contribution in [0.5, 0.6) is 0 Å². The van der Waals surface area contributed by atoms with E-state index in [1.807, 2.05) is 0 Å². The average Bonchev–Trinajstić information content (AvgIpc) is 2.40. The largest absolute Gasteiger partial charge is 0.397 e. The lowest BCUT2D eigenvalue weighted by Gasteiger charge is -2.32. The minimum absolute atomic E-state index is 0.126. The van der Waals surface area contributed by atoms with Crippen LogP contribution in [0, 0.1) is 5.82 Å². The number of benzene rings is 1. The third kappa shape index (κ3) is 3.34. The minimum Gasteiger partial charge on any atom is -0.397 e. The van der Waals surface area contributed by atoms with E-state index in [-0.39, 0.29) is 11.9 Å². The zero-order valence-corrected chi connectivity index (χ0v) is 10.7. The number of nitrogens with two attached hydrogens (primary N) is 1. The number of ether oxygens (including phenoxy) is 1. The van der Waals surface area contributed by atoms with Gasteiger partial charge in [0, 0.05) is 19.6 Å². The lowest BCUT2D eigenvalue weighted by Crippen LogP contribution is -2.45. The van der Waals surface area contributed by atoms with Crippen LogP contribution in [0.1, 0.15) is 6.92 Å². The van der Waals surface area contributed by atoms with Gasteiger partial charge in [-0.25, -0.2) is 4.39 Å². The highest BCUT2D eigenvalue weighted by molar-refractivity contribution is 5.65. The van der Waals surface area contributed by atoms with Gasteiger partial charge in [-0.05, 0) is 24.7 Å². The van der Waals surface area contributed by atoms with Crippen molar-refractivity contribution in [3.8, 4) is 0 Å². The molecule has 1 heterocycles. The summed E-state index contributed by atoms with van der Waals surface area (Å²) in [5.41, 5.74) is 6.96. The number of hydrogen-bond acceptors (Lipinski definition) is 4. The van der Waals surface area contributed by atoms with E-state index in [4.69, 9.17) is 10.5 Å². The second-order valence-corrected chi connectivity index (χ2v) is 4.50. The van der Waals surface area contributed by atoms with E-state index in [1.165, 1.54) is 12.1 Å². The van der Waals surface area contributed by atoms with Crippen molar-refractivity contribution < 1.29 is 9.13 Å². The smallest absolute Gasteiger partial charge is 0.125 e. The Labute approximate surface area is 107 Å². The van der Waals surface area contributed by atoms with Crippen molar-refractivity contribution in [2.45, 2.75) is 13.0 Å². The number of anilines is 2. The van der Waals surface area contributed by atoms with Gasteiger partial charge in [0.2, 0.25) is 0 Å². The molecule has 1 unspecified atom stereocenters. The number of morpholine rings is 1. The Balaban J connectivity index is 1.89. The minimum atomic E-state index is -0.286. The maximum Gasteiger partial charge on any atom is 0.125 e. The summed E-state index contributed by atoms with van der Waals surface area (Å²) in [7, 11) is 0. The third-order valence-corrected chi connectivity index (χ3v) is 3.21. The SMILES string of the molecule is CCN1CCOC(CNc2cc(F)ccc2N)C1. The fourth-order valence-corrected chi connectivity index (χ4v) is 2.10. The van der Waals surface area contributed by atoms with Gasteiger partial charge in [-0.2, -0.15) is 0 Å². The average molecular weight is 253 g/mol. The summed E-state index contributed by atoms with van der Waals surface area (Å²) in [4.78, 5) is 2.34. The summed E-state index contributed by atoms with van der Waals surface area (Å²) >= 11 is 0. The highest BCUT2D eigenvalue weighted by Crippen LogP contribution is 2.19. The van der Waals surface area contributed by atoms with Crippen molar-refractivity contribution in [3.63, 3.8) is 0 Å². The molecule has 0 spiro atoms. The number of rotatable bonds is 4. The van der Waals surface area contributed by atoms with E-state index in [0.717, 1.165) is 26.2 Å². The second-order valence-electron chi connectivity index (χ2n) is 4.50. The van der Waals surface area contributed by atoms with E-state index in [1.54, 1.807) is 6.07 Å². The topological polar surface area (TPSA) is 50.5 Å². The zero-order valence-electron chi connectivity index (χ0n) is 10.7. The molecule has 5 heteroatoms. The van der Waals surface area contributed by atoms with Crippen LogP contribution < -0.4 is 11.1 Å². The van der Waals surface area contributed by atoms with Crippen LogP contribution in [0.25, 0.3) is 0 Å². The van der Waals surface area contributed by atoms with Gasteiger partial charge in [-0.15, -0.1) is 0 Å². The van der Waals surface area contributed by atoms with Crippen LogP contribution in [-0.4, -0.2) is 43.8 Å². The lowest BCUT2D eigenvalue weighted by molar-refractivity contribution is -0.0191. The molecule has 1 saturated heterocycles. The van der Waals surface area contributed by atoms with Crippen molar-refractivity contribution >= 4 is 11.4 Å². The van der Waals surface area contributed by atoms with Gasteiger partial charge >= 0.3 is 0 Å². The first-order chi connectivity index (χ1) is 8.69. The van der Waals surface area contributed by atoms with Crippen molar-refractivity contribution in [1.82, 2.24) is 4.90 Å². The maximum absolute atomic E-state index is 13.1. The molecule has 1 fully saturated rings. The molecule has 0 aliphatic carbocycles. The van der Waals surface area contributed by atoms with Crippen molar-refractivity contribution in [3.05, 3.63) is 24.0 Å². The molecule has 0 saturated carbocycles. The summed E-state index contributed by atoms with van der Waals surface area (Å²) in [6.07, 6.45) is 0.126. The van der Waals surface area contributed by atoms with Crippen LogP contribution >= 0.6 is 0 Å². The van der Waals surface area contributed by atoms with E-state index in [9.17, 15) is 4.39 Å². The van der Waals surface area contributed by atoms with Crippen molar-refractivity contribution in [1.29, 1.82) is 0 Å². The fraction of sp³-hybridized carbons (Fsp3) is 0.538. The molecule has 1 aliphatic heterocycles. The van der Waals surface area contributed by atoms with Crippen molar-refractivity contribution in [2.75, 3.05) is 43.8 Å². The number of likely N-dealkylation sites (N-methyl/N-ethyl adjacent to an activating group) is 1. The zero-order chi connectivity index (χ0) is 13.0. The van der Waals surface area contributed by atoms with Gasteiger partial charge in [0.1, 0.15) is 5.82 Å². The van der Waals surface area contributed by atoms with Gasteiger partial charge in [-0.3, -0.25) is 4.90 Å². The molecule has 0 radical (unpaired) electrons. The third-order valence-electron chi connectivity index (χ3n) is 3.21. The second kappa shape index (κ2) is 6.02. The molecular weight excluding hydrogens is 233 g/mol. The number of hydrogen-bond donors (Lipinski definition) is 2. The summed E-state index contributed by atoms with van der Waals surface area (Å²) in [5.74, 6) is -0.286. The molecule has 18 heavy (non-hydrogen) atoms.